The highest BCUT2D eigenvalue weighted by atomic mass is 19.1. The summed E-state index contributed by atoms with van der Waals surface area (Å²) in [5.41, 5.74) is 5.25. The molecule has 0 radical (unpaired) electrons. The summed E-state index contributed by atoms with van der Waals surface area (Å²) in [7, 11) is 0. The summed E-state index contributed by atoms with van der Waals surface area (Å²) < 4.78 is 32.5. The lowest BCUT2D eigenvalue weighted by molar-refractivity contribution is 0.194. The first-order valence-electron chi connectivity index (χ1n) is 12.9. The van der Waals surface area contributed by atoms with Gasteiger partial charge in [-0.1, -0.05) is 55.0 Å². The molecular formula is C31H27F2N5O. The van der Waals surface area contributed by atoms with Gasteiger partial charge in [-0.25, -0.2) is 18.3 Å². The fourth-order valence-corrected chi connectivity index (χ4v) is 5.32. The molecule has 1 atom stereocenters. The summed E-state index contributed by atoms with van der Waals surface area (Å²) in [6.07, 6.45) is 2.63. The third-order valence-corrected chi connectivity index (χ3v) is 7.09. The first kappa shape index (κ1) is 24.6. The maximum atomic E-state index is 14.6. The van der Waals surface area contributed by atoms with Crippen molar-refractivity contribution < 1.29 is 13.6 Å². The van der Waals surface area contributed by atoms with E-state index in [1.807, 2.05) is 91.5 Å². The molecule has 2 aromatic heterocycles. The fraction of sp³-hybridized carbons (Fsp3) is 0.161. The number of carbonyl (C=O) groups excluding carboxylic acids is 1. The Morgan fingerprint density at radius 1 is 1.00 bits per heavy atom. The lowest BCUT2D eigenvalue weighted by Gasteiger charge is -2.31. The number of aryl methyl sites for hydroxylation is 2. The average molecular weight is 524 g/mol. The first-order valence-corrected chi connectivity index (χ1v) is 12.9. The minimum atomic E-state index is -0.707. The highest BCUT2D eigenvalue weighted by molar-refractivity contribution is 5.90. The summed E-state index contributed by atoms with van der Waals surface area (Å²) >= 11 is 0. The number of anilines is 1. The molecule has 3 aromatic carbocycles. The summed E-state index contributed by atoms with van der Waals surface area (Å²) in [4.78, 5) is 15.6. The number of aromatic nitrogens is 3. The van der Waals surface area contributed by atoms with Gasteiger partial charge >= 0.3 is 6.03 Å². The van der Waals surface area contributed by atoms with Crippen LogP contribution in [0.15, 0.2) is 91.1 Å². The molecule has 2 amide bonds. The molecular weight excluding hydrogens is 496 g/mol. The number of fused-ring (bicyclic) bond motifs is 3. The second-order valence-electron chi connectivity index (χ2n) is 9.65. The SMILES string of the molecule is CCc1nn(-c2ccccc2)c2c1CN(C(=O)Nc1cc(F)ccc1F)[C@@H](c1cccc(C)c1)c1cccn1-2. The molecule has 39 heavy (non-hydrogen) atoms. The van der Waals surface area contributed by atoms with Gasteiger partial charge in [0.1, 0.15) is 17.5 Å². The Morgan fingerprint density at radius 2 is 1.82 bits per heavy atom. The summed E-state index contributed by atoms with van der Waals surface area (Å²) in [6, 6.07) is 23.8. The number of benzene rings is 3. The minimum Gasteiger partial charge on any atom is -0.307 e. The van der Waals surface area contributed by atoms with Crippen LogP contribution in [0, 0.1) is 18.6 Å². The second-order valence-corrected chi connectivity index (χ2v) is 9.65. The molecule has 6 nitrogen and oxygen atoms in total. The Balaban J connectivity index is 1.56. The number of para-hydroxylation sites is 1. The van der Waals surface area contributed by atoms with Gasteiger partial charge in [-0.05, 0) is 55.3 Å². The van der Waals surface area contributed by atoms with Crippen molar-refractivity contribution in [2.45, 2.75) is 32.9 Å². The highest BCUT2D eigenvalue weighted by Crippen LogP contribution is 2.39. The van der Waals surface area contributed by atoms with E-state index in [2.05, 4.69) is 9.88 Å². The zero-order valence-corrected chi connectivity index (χ0v) is 21.6. The van der Waals surface area contributed by atoms with Crippen molar-refractivity contribution in [1.82, 2.24) is 19.2 Å². The Hall–Kier alpha value is -4.72. The molecule has 1 aliphatic heterocycles. The van der Waals surface area contributed by atoms with Crippen molar-refractivity contribution in [3.63, 3.8) is 0 Å². The number of carbonyl (C=O) groups is 1. The van der Waals surface area contributed by atoms with Crippen molar-refractivity contribution in [2.75, 3.05) is 5.32 Å². The molecule has 8 heteroatoms. The Labute approximate surface area is 225 Å². The van der Waals surface area contributed by atoms with Crippen LogP contribution in [0.5, 0.6) is 0 Å². The smallest absolute Gasteiger partial charge is 0.307 e. The van der Waals surface area contributed by atoms with Crippen molar-refractivity contribution in [3.8, 4) is 11.5 Å². The van der Waals surface area contributed by atoms with E-state index in [9.17, 15) is 13.6 Å². The summed E-state index contributed by atoms with van der Waals surface area (Å²) in [5.74, 6) is -0.490. The van der Waals surface area contributed by atoms with E-state index in [1.54, 1.807) is 4.90 Å². The summed E-state index contributed by atoms with van der Waals surface area (Å²) in [5, 5.41) is 7.57. The lowest BCUT2D eigenvalue weighted by atomic mass is 10.00. The van der Waals surface area contributed by atoms with Crippen molar-refractivity contribution in [1.29, 1.82) is 0 Å². The fourth-order valence-electron chi connectivity index (χ4n) is 5.32. The van der Waals surface area contributed by atoms with Crippen LogP contribution in [0.2, 0.25) is 0 Å². The predicted molar refractivity (Wildman–Crippen MR) is 146 cm³/mol. The van der Waals surface area contributed by atoms with Gasteiger partial charge in [-0.15, -0.1) is 0 Å². The van der Waals surface area contributed by atoms with E-state index in [0.29, 0.717) is 6.42 Å². The number of urea groups is 1. The molecule has 0 saturated carbocycles. The largest absolute Gasteiger partial charge is 0.323 e. The lowest BCUT2D eigenvalue weighted by Crippen LogP contribution is -2.38. The standard InChI is InChI=1S/C31H27F2N5O/c1-3-26-24-19-37(31(39)34-27-18-22(32)14-15-25(27)33)29(21-10-7-9-20(2)17-21)28-13-8-16-36(28)30(24)38(35-26)23-11-5-4-6-12-23/h4-18,29H,3,19H2,1-2H3,(H,34,39)/t29-/m0/s1. The van der Waals surface area contributed by atoms with Crippen LogP contribution in [0.25, 0.3) is 11.5 Å². The van der Waals surface area contributed by atoms with E-state index < -0.39 is 23.7 Å². The molecule has 0 bridgehead atoms. The average Bonchev–Trinajstić information content (AvgIpc) is 3.52. The van der Waals surface area contributed by atoms with Gasteiger partial charge in [0.15, 0.2) is 0 Å². The molecule has 3 heterocycles. The number of halogens is 2. The number of amides is 2. The third-order valence-electron chi connectivity index (χ3n) is 7.09. The van der Waals surface area contributed by atoms with Crippen LogP contribution in [-0.2, 0) is 13.0 Å². The molecule has 1 N–H and O–H groups in total. The minimum absolute atomic E-state index is 0.210. The van der Waals surface area contributed by atoms with Gasteiger partial charge in [0.2, 0.25) is 0 Å². The zero-order valence-electron chi connectivity index (χ0n) is 21.6. The van der Waals surface area contributed by atoms with Gasteiger partial charge in [0.25, 0.3) is 0 Å². The van der Waals surface area contributed by atoms with Crippen LogP contribution >= 0.6 is 0 Å². The van der Waals surface area contributed by atoms with E-state index in [1.165, 1.54) is 0 Å². The van der Waals surface area contributed by atoms with Gasteiger partial charge in [0, 0.05) is 17.8 Å². The third kappa shape index (κ3) is 4.37. The van der Waals surface area contributed by atoms with Gasteiger partial charge in [0.05, 0.1) is 35.3 Å². The van der Waals surface area contributed by atoms with Crippen LogP contribution in [-0.4, -0.2) is 25.3 Å². The number of nitrogens with one attached hydrogen (secondary N) is 1. The van der Waals surface area contributed by atoms with E-state index >= 15 is 0 Å². The van der Waals surface area contributed by atoms with Crippen molar-refractivity contribution >= 4 is 11.7 Å². The van der Waals surface area contributed by atoms with E-state index in [0.717, 1.165) is 57.8 Å². The number of nitrogens with zero attached hydrogens (tertiary/aromatic N) is 4. The maximum Gasteiger partial charge on any atom is 0.323 e. The number of hydrogen-bond donors (Lipinski definition) is 1. The topological polar surface area (TPSA) is 55.1 Å². The van der Waals surface area contributed by atoms with E-state index in [-0.39, 0.29) is 12.2 Å². The Bertz CT molecular complexity index is 1670. The predicted octanol–water partition coefficient (Wildman–Crippen LogP) is 6.95. The Kier molecular flexibility index (Phi) is 6.23. The quantitative estimate of drug-likeness (QED) is 0.277. The normalized spacial score (nSPS) is 14.5. The van der Waals surface area contributed by atoms with Crippen LogP contribution in [0.1, 0.15) is 41.0 Å². The monoisotopic (exact) mass is 523 g/mol. The van der Waals surface area contributed by atoms with Crippen molar-refractivity contribution in [2.24, 2.45) is 0 Å². The molecule has 1 aliphatic rings. The zero-order chi connectivity index (χ0) is 27.1. The molecule has 196 valence electrons. The van der Waals surface area contributed by atoms with Crippen molar-refractivity contribution in [3.05, 3.63) is 131 Å². The number of rotatable bonds is 4. The molecule has 6 rings (SSSR count). The molecule has 0 saturated heterocycles. The molecule has 0 unspecified atom stereocenters. The molecule has 0 fully saturated rings. The van der Waals surface area contributed by atoms with Gasteiger partial charge < -0.3 is 14.8 Å². The molecule has 0 spiro atoms. The summed E-state index contributed by atoms with van der Waals surface area (Å²) in [6.45, 7) is 4.25. The number of hydrogen-bond acceptors (Lipinski definition) is 2. The maximum absolute atomic E-state index is 14.6. The van der Waals surface area contributed by atoms with Crippen LogP contribution in [0.4, 0.5) is 19.3 Å². The van der Waals surface area contributed by atoms with E-state index in [4.69, 9.17) is 5.10 Å². The second kappa shape index (κ2) is 9.87. The Morgan fingerprint density at radius 3 is 2.59 bits per heavy atom. The van der Waals surface area contributed by atoms with Crippen LogP contribution < -0.4 is 5.32 Å². The molecule has 5 aromatic rings. The molecule has 0 aliphatic carbocycles. The first-order chi connectivity index (χ1) is 18.9. The van der Waals surface area contributed by atoms with Gasteiger partial charge in [-0.3, -0.25) is 0 Å². The van der Waals surface area contributed by atoms with Gasteiger partial charge in [-0.2, -0.15) is 5.10 Å². The van der Waals surface area contributed by atoms with Crippen LogP contribution in [0.3, 0.4) is 0 Å². The highest BCUT2D eigenvalue weighted by Gasteiger charge is 2.36.